The molecule has 1 heterocycles. The van der Waals surface area contributed by atoms with E-state index in [-0.39, 0.29) is 0 Å². The van der Waals surface area contributed by atoms with E-state index in [0.717, 1.165) is 22.5 Å². The van der Waals surface area contributed by atoms with E-state index in [9.17, 15) is 4.39 Å². The van der Waals surface area contributed by atoms with E-state index in [0.29, 0.717) is 12.6 Å². The third-order valence-electron chi connectivity index (χ3n) is 4.63. The van der Waals surface area contributed by atoms with E-state index in [1.165, 1.54) is 5.56 Å². The molecule has 0 aliphatic heterocycles. The summed E-state index contributed by atoms with van der Waals surface area (Å²) in [4.78, 5) is 6.75. The molecule has 2 aromatic carbocycles. The Morgan fingerprint density at radius 2 is 1.76 bits per heavy atom. The second-order valence-corrected chi connectivity index (χ2v) is 6.46. The Morgan fingerprint density at radius 1 is 1.04 bits per heavy atom. The maximum Gasteiger partial charge on any atom is 0.107 e. The maximum absolute atomic E-state index is 13.0. The van der Waals surface area contributed by atoms with Gasteiger partial charge in [-0.25, -0.2) is 9.37 Å². The van der Waals surface area contributed by atoms with Crippen molar-refractivity contribution >= 4 is 0 Å². The van der Waals surface area contributed by atoms with E-state index in [1.807, 2.05) is 34.9 Å². The fourth-order valence-corrected chi connectivity index (χ4v) is 3.00. The van der Waals surface area contributed by atoms with Crippen LogP contribution in [0.25, 0.3) is 22.5 Å². The van der Waals surface area contributed by atoms with Crippen LogP contribution < -0.4 is 0 Å². The van der Waals surface area contributed by atoms with Gasteiger partial charge in [-0.2, -0.15) is 0 Å². The van der Waals surface area contributed by atoms with Gasteiger partial charge in [0.15, 0.2) is 0 Å². The third-order valence-corrected chi connectivity index (χ3v) is 4.63. The van der Waals surface area contributed by atoms with Crippen molar-refractivity contribution in [3.05, 3.63) is 66.5 Å². The molecular weight excluding hydrogens is 313 g/mol. The third kappa shape index (κ3) is 3.64. The van der Waals surface area contributed by atoms with Gasteiger partial charge in [0, 0.05) is 17.2 Å². The van der Waals surface area contributed by atoms with Gasteiger partial charge in [0.1, 0.15) is 6.67 Å². The first-order valence-electron chi connectivity index (χ1n) is 8.55. The van der Waals surface area contributed by atoms with Gasteiger partial charge in [0.25, 0.3) is 0 Å². The molecule has 0 radical (unpaired) electrons. The van der Waals surface area contributed by atoms with E-state index in [4.69, 9.17) is 0 Å². The van der Waals surface area contributed by atoms with Gasteiger partial charge in [-0.15, -0.1) is 0 Å². The number of aryl methyl sites for hydroxylation is 1. The highest BCUT2D eigenvalue weighted by Gasteiger charge is 2.16. The Labute approximate surface area is 148 Å². The largest absolute Gasteiger partial charge is 0.327 e. The molecule has 3 rings (SSSR count). The van der Waals surface area contributed by atoms with E-state index in [2.05, 4.69) is 55.2 Å². The molecule has 25 heavy (non-hydrogen) atoms. The summed E-state index contributed by atoms with van der Waals surface area (Å²) in [5.41, 5.74) is 5.20. The standard InChI is InChI=1S/C21H24FN3/c1-16(24(2)3)18-10-7-11-19(14-18)21-20(17-8-5-4-6-9-17)23-15-25(21)13-12-22/h4-11,14-16H,12-13H2,1-3H3. The fourth-order valence-electron chi connectivity index (χ4n) is 3.00. The molecule has 0 aliphatic rings. The lowest BCUT2D eigenvalue weighted by Crippen LogP contribution is -2.16. The number of hydrogen-bond acceptors (Lipinski definition) is 2. The second-order valence-electron chi connectivity index (χ2n) is 6.46. The van der Waals surface area contributed by atoms with Crippen LogP contribution in [0, 0.1) is 0 Å². The second kappa shape index (κ2) is 7.62. The smallest absolute Gasteiger partial charge is 0.107 e. The number of nitrogens with zero attached hydrogens (tertiary/aromatic N) is 3. The molecule has 1 atom stereocenters. The normalized spacial score (nSPS) is 12.5. The van der Waals surface area contributed by atoms with Gasteiger partial charge < -0.3 is 9.47 Å². The number of benzene rings is 2. The molecule has 1 aromatic heterocycles. The molecule has 0 saturated carbocycles. The van der Waals surface area contributed by atoms with Crippen LogP contribution in [0.2, 0.25) is 0 Å². The molecule has 4 heteroatoms. The Balaban J connectivity index is 2.12. The van der Waals surface area contributed by atoms with Crippen LogP contribution >= 0.6 is 0 Å². The zero-order chi connectivity index (χ0) is 17.8. The lowest BCUT2D eigenvalue weighted by molar-refractivity contribution is 0.321. The summed E-state index contributed by atoms with van der Waals surface area (Å²) in [5.74, 6) is 0. The predicted octanol–water partition coefficient (Wildman–Crippen LogP) is 4.81. The Hall–Kier alpha value is -2.46. The first-order valence-corrected chi connectivity index (χ1v) is 8.55. The van der Waals surface area contributed by atoms with Crippen LogP contribution in [0.15, 0.2) is 60.9 Å². The van der Waals surface area contributed by atoms with Crippen molar-refractivity contribution in [2.45, 2.75) is 19.5 Å². The van der Waals surface area contributed by atoms with Crippen LogP contribution in [-0.4, -0.2) is 35.2 Å². The van der Waals surface area contributed by atoms with Crippen molar-refractivity contribution in [2.75, 3.05) is 20.8 Å². The number of hydrogen-bond donors (Lipinski definition) is 0. The van der Waals surface area contributed by atoms with E-state index < -0.39 is 6.67 Å². The molecule has 0 spiro atoms. The van der Waals surface area contributed by atoms with E-state index >= 15 is 0 Å². The summed E-state index contributed by atoms with van der Waals surface area (Å²) >= 11 is 0. The van der Waals surface area contributed by atoms with E-state index in [1.54, 1.807) is 6.33 Å². The van der Waals surface area contributed by atoms with Crippen molar-refractivity contribution < 1.29 is 4.39 Å². The van der Waals surface area contributed by atoms with Gasteiger partial charge in [-0.05, 0) is 32.6 Å². The summed E-state index contributed by atoms with van der Waals surface area (Å²) in [6, 6.07) is 18.8. The molecule has 0 amide bonds. The quantitative estimate of drug-likeness (QED) is 0.644. The molecule has 0 bridgehead atoms. The zero-order valence-electron chi connectivity index (χ0n) is 15.0. The van der Waals surface area contributed by atoms with Crippen LogP contribution in [0.5, 0.6) is 0 Å². The summed E-state index contributed by atoms with van der Waals surface area (Å²) in [6.45, 7) is 2.07. The van der Waals surface area contributed by atoms with Gasteiger partial charge in [0.05, 0.1) is 24.3 Å². The van der Waals surface area contributed by atoms with Crippen LogP contribution in [-0.2, 0) is 6.54 Å². The molecular formula is C21H24FN3. The molecule has 130 valence electrons. The average molecular weight is 337 g/mol. The van der Waals surface area contributed by atoms with Gasteiger partial charge in [-0.3, -0.25) is 0 Å². The highest BCUT2D eigenvalue weighted by molar-refractivity contribution is 5.78. The monoisotopic (exact) mass is 337 g/mol. The Bertz CT molecular complexity index is 824. The summed E-state index contributed by atoms with van der Waals surface area (Å²) < 4.78 is 14.9. The topological polar surface area (TPSA) is 21.1 Å². The predicted molar refractivity (Wildman–Crippen MR) is 101 cm³/mol. The lowest BCUT2D eigenvalue weighted by atomic mass is 10.00. The minimum absolute atomic E-state index is 0.303. The van der Waals surface area contributed by atoms with Gasteiger partial charge in [-0.1, -0.05) is 48.5 Å². The first kappa shape index (κ1) is 17.4. The maximum atomic E-state index is 13.0. The van der Waals surface area contributed by atoms with Gasteiger partial charge >= 0.3 is 0 Å². The van der Waals surface area contributed by atoms with Crippen molar-refractivity contribution in [3.63, 3.8) is 0 Å². The molecule has 3 nitrogen and oxygen atoms in total. The van der Waals surface area contributed by atoms with Crippen molar-refractivity contribution in [1.29, 1.82) is 0 Å². The lowest BCUT2D eigenvalue weighted by Gasteiger charge is -2.21. The minimum atomic E-state index is -0.411. The summed E-state index contributed by atoms with van der Waals surface area (Å²) in [7, 11) is 4.14. The molecule has 0 saturated heterocycles. The summed E-state index contributed by atoms with van der Waals surface area (Å²) in [5, 5.41) is 0. The first-order chi connectivity index (χ1) is 12.1. The zero-order valence-corrected chi connectivity index (χ0v) is 15.0. The highest BCUT2D eigenvalue weighted by Crippen LogP contribution is 2.33. The number of rotatable bonds is 6. The average Bonchev–Trinajstić information content (AvgIpc) is 3.06. The molecule has 1 unspecified atom stereocenters. The number of aromatic nitrogens is 2. The summed E-state index contributed by atoms with van der Waals surface area (Å²) in [6.07, 6.45) is 1.74. The fraction of sp³-hybridized carbons (Fsp3) is 0.286. The molecule has 0 N–H and O–H groups in total. The van der Waals surface area contributed by atoms with Crippen LogP contribution in [0.4, 0.5) is 4.39 Å². The van der Waals surface area contributed by atoms with Gasteiger partial charge in [0.2, 0.25) is 0 Å². The molecule has 3 aromatic rings. The molecule has 0 fully saturated rings. The minimum Gasteiger partial charge on any atom is -0.327 e. The Kier molecular flexibility index (Phi) is 5.29. The SMILES string of the molecule is CC(c1cccc(-c2c(-c3ccccc3)ncn2CCF)c1)N(C)C. The van der Waals surface area contributed by atoms with Crippen LogP contribution in [0.3, 0.4) is 0 Å². The van der Waals surface area contributed by atoms with Crippen molar-refractivity contribution in [3.8, 4) is 22.5 Å². The highest BCUT2D eigenvalue weighted by atomic mass is 19.1. The van der Waals surface area contributed by atoms with Crippen molar-refractivity contribution in [1.82, 2.24) is 14.5 Å². The van der Waals surface area contributed by atoms with Crippen molar-refractivity contribution in [2.24, 2.45) is 0 Å². The van der Waals surface area contributed by atoms with Crippen LogP contribution in [0.1, 0.15) is 18.5 Å². The number of halogens is 1. The molecule has 0 aliphatic carbocycles. The Morgan fingerprint density at radius 3 is 2.44 bits per heavy atom. The number of alkyl halides is 1. The number of imidazole rings is 1.